The Balaban J connectivity index is 0.000000310. The molecule has 0 atom stereocenters. The van der Waals surface area contributed by atoms with Crippen molar-refractivity contribution in [3.8, 4) is 0 Å². The van der Waals surface area contributed by atoms with Crippen molar-refractivity contribution < 1.29 is 9.90 Å². The highest BCUT2D eigenvalue weighted by atomic mass is 35.5. The first-order valence-electron chi connectivity index (χ1n) is 3.67. The van der Waals surface area contributed by atoms with Gasteiger partial charge in [0.15, 0.2) is 0 Å². The van der Waals surface area contributed by atoms with Gasteiger partial charge in [0.05, 0.1) is 5.56 Å². The minimum absolute atomic E-state index is 0.331. The van der Waals surface area contributed by atoms with E-state index in [0.29, 0.717) is 11.4 Å². The van der Waals surface area contributed by atoms with Crippen molar-refractivity contribution in [2.75, 3.05) is 5.88 Å². The maximum absolute atomic E-state index is 10.2. The summed E-state index contributed by atoms with van der Waals surface area (Å²) in [5, 5.41) is 8.38. The summed E-state index contributed by atoms with van der Waals surface area (Å²) in [6.45, 7) is 3.35. The molecule has 0 saturated heterocycles. The first-order valence-corrected chi connectivity index (χ1v) is 4.21. The summed E-state index contributed by atoms with van der Waals surface area (Å²) in [4.78, 5) is 10.2. The van der Waals surface area contributed by atoms with Gasteiger partial charge in [-0.2, -0.15) is 0 Å². The van der Waals surface area contributed by atoms with Gasteiger partial charge in [-0.25, -0.2) is 4.79 Å². The van der Waals surface area contributed by atoms with Gasteiger partial charge >= 0.3 is 5.97 Å². The average molecular weight is 199 g/mol. The van der Waals surface area contributed by atoms with Crippen molar-refractivity contribution in [1.29, 1.82) is 0 Å². The standard InChI is InChI=1S/C7H6O2.C3H5Cl/c8-7(9)6-4-2-1-3-5-6;1-2-3-4/h1-5H,(H,8,9);2H,1,3H2. The molecule has 0 bridgehead atoms. The van der Waals surface area contributed by atoms with Gasteiger partial charge in [0.25, 0.3) is 0 Å². The van der Waals surface area contributed by atoms with E-state index >= 15 is 0 Å². The van der Waals surface area contributed by atoms with Crippen LogP contribution in [0.1, 0.15) is 10.4 Å². The van der Waals surface area contributed by atoms with E-state index < -0.39 is 5.97 Å². The SMILES string of the molecule is C=CCCl.O=C(O)c1ccccc1. The number of hydrogen-bond donors (Lipinski definition) is 1. The van der Waals surface area contributed by atoms with E-state index in [2.05, 4.69) is 6.58 Å². The van der Waals surface area contributed by atoms with Crippen molar-refractivity contribution in [2.24, 2.45) is 0 Å². The van der Waals surface area contributed by atoms with Crippen molar-refractivity contribution in [1.82, 2.24) is 0 Å². The van der Waals surface area contributed by atoms with Crippen LogP contribution in [0.3, 0.4) is 0 Å². The molecule has 0 aliphatic rings. The van der Waals surface area contributed by atoms with E-state index in [-0.39, 0.29) is 0 Å². The van der Waals surface area contributed by atoms with Gasteiger partial charge in [0, 0.05) is 5.88 Å². The van der Waals surface area contributed by atoms with Crippen LogP contribution in [0, 0.1) is 0 Å². The zero-order chi connectivity index (χ0) is 10.1. The molecule has 1 aromatic rings. The largest absolute Gasteiger partial charge is 0.478 e. The predicted molar refractivity (Wildman–Crippen MR) is 54.3 cm³/mol. The molecule has 2 nitrogen and oxygen atoms in total. The topological polar surface area (TPSA) is 37.3 Å². The molecule has 0 aliphatic carbocycles. The van der Waals surface area contributed by atoms with Crippen molar-refractivity contribution in [3.05, 3.63) is 48.6 Å². The van der Waals surface area contributed by atoms with Gasteiger partial charge in [0.2, 0.25) is 0 Å². The summed E-state index contributed by atoms with van der Waals surface area (Å²) in [6.07, 6.45) is 1.64. The second kappa shape index (κ2) is 7.37. The van der Waals surface area contributed by atoms with Crippen LogP contribution in [-0.4, -0.2) is 17.0 Å². The highest BCUT2D eigenvalue weighted by Gasteiger charge is 1.96. The molecular weight excluding hydrogens is 188 g/mol. The van der Waals surface area contributed by atoms with Gasteiger partial charge in [-0.1, -0.05) is 24.3 Å². The first kappa shape index (κ1) is 11.7. The molecule has 3 heteroatoms. The van der Waals surface area contributed by atoms with Gasteiger partial charge < -0.3 is 5.11 Å². The zero-order valence-electron chi connectivity index (χ0n) is 7.11. The summed E-state index contributed by atoms with van der Waals surface area (Å²) in [5.74, 6) is -0.324. The van der Waals surface area contributed by atoms with Crippen molar-refractivity contribution in [3.63, 3.8) is 0 Å². The average Bonchev–Trinajstić information content (AvgIpc) is 2.19. The number of benzene rings is 1. The van der Waals surface area contributed by atoms with Crippen LogP contribution in [0.5, 0.6) is 0 Å². The fraction of sp³-hybridized carbons (Fsp3) is 0.100. The smallest absolute Gasteiger partial charge is 0.335 e. The highest BCUT2D eigenvalue weighted by Crippen LogP contribution is 1.96. The van der Waals surface area contributed by atoms with E-state index in [1.54, 1.807) is 36.4 Å². The number of alkyl halides is 1. The summed E-state index contributed by atoms with van der Waals surface area (Å²) >= 11 is 5.07. The summed E-state index contributed by atoms with van der Waals surface area (Å²) < 4.78 is 0. The van der Waals surface area contributed by atoms with Gasteiger partial charge in [-0.05, 0) is 12.1 Å². The molecule has 1 N–H and O–H groups in total. The van der Waals surface area contributed by atoms with Crippen molar-refractivity contribution in [2.45, 2.75) is 0 Å². The van der Waals surface area contributed by atoms with Crippen LogP contribution in [0.25, 0.3) is 0 Å². The lowest BCUT2D eigenvalue weighted by Gasteiger charge is -1.88. The summed E-state index contributed by atoms with van der Waals surface area (Å²) in [5.41, 5.74) is 0.331. The maximum Gasteiger partial charge on any atom is 0.335 e. The Morgan fingerprint density at radius 3 is 2.15 bits per heavy atom. The Morgan fingerprint density at radius 1 is 1.46 bits per heavy atom. The molecule has 0 fully saturated rings. The van der Waals surface area contributed by atoms with Crippen LogP contribution in [-0.2, 0) is 0 Å². The molecule has 1 rings (SSSR count). The number of hydrogen-bond acceptors (Lipinski definition) is 1. The van der Waals surface area contributed by atoms with Crippen molar-refractivity contribution >= 4 is 17.6 Å². The summed E-state index contributed by atoms with van der Waals surface area (Å²) in [6, 6.07) is 8.30. The lowest BCUT2D eigenvalue weighted by atomic mass is 10.2. The molecule has 0 aromatic heterocycles. The number of carboxylic acid groups (broad SMARTS) is 1. The van der Waals surface area contributed by atoms with Crippen LogP contribution < -0.4 is 0 Å². The number of allylic oxidation sites excluding steroid dienone is 1. The minimum Gasteiger partial charge on any atom is -0.478 e. The molecule has 1 aromatic carbocycles. The molecule has 13 heavy (non-hydrogen) atoms. The number of rotatable bonds is 2. The minimum atomic E-state index is -0.879. The number of aromatic carboxylic acids is 1. The summed E-state index contributed by atoms with van der Waals surface area (Å²) in [7, 11) is 0. The third kappa shape index (κ3) is 5.93. The molecule has 0 unspecified atom stereocenters. The van der Waals surface area contributed by atoms with E-state index in [1.165, 1.54) is 0 Å². The number of carboxylic acids is 1. The third-order valence-corrected chi connectivity index (χ3v) is 1.35. The fourth-order valence-corrected chi connectivity index (χ4v) is 0.581. The molecule has 0 spiro atoms. The van der Waals surface area contributed by atoms with Gasteiger partial charge in [-0.15, -0.1) is 18.2 Å². The van der Waals surface area contributed by atoms with Crippen LogP contribution >= 0.6 is 11.6 Å². The fourth-order valence-electron chi connectivity index (χ4n) is 0.581. The molecule has 0 saturated carbocycles. The lowest BCUT2D eigenvalue weighted by molar-refractivity contribution is 0.0697. The molecule has 0 heterocycles. The van der Waals surface area contributed by atoms with Gasteiger partial charge in [-0.3, -0.25) is 0 Å². The Bertz CT molecular complexity index is 257. The Kier molecular flexibility index (Phi) is 6.65. The van der Waals surface area contributed by atoms with Crippen LogP contribution in [0.4, 0.5) is 0 Å². The highest BCUT2D eigenvalue weighted by molar-refractivity contribution is 6.18. The normalized spacial score (nSPS) is 8.08. The third-order valence-electron chi connectivity index (χ3n) is 1.13. The van der Waals surface area contributed by atoms with Crippen LogP contribution in [0.2, 0.25) is 0 Å². The van der Waals surface area contributed by atoms with Crippen LogP contribution in [0.15, 0.2) is 43.0 Å². The number of carbonyl (C=O) groups is 1. The Labute approximate surface area is 82.5 Å². The molecule has 0 amide bonds. The monoisotopic (exact) mass is 198 g/mol. The molecule has 0 aliphatic heterocycles. The number of halogens is 1. The quantitative estimate of drug-likeness (QED) is 0.586. The Morgan fingerprint density at radius 2 is 1.92 bits per heavy atom. The van der Waals surface area contributed by atoms with E-state index in [0.717, 1.165) is 0 Å². The van der Waals surface area contributed by atoms with E-state index in [1.807, 2.05) is 0 Å². The Hall–Kier alpha value is -1.28. The maximum atomic E-state index is 10.2. The molecule has 70 valence electrons. The lowest BCUT2D eigenvalue weighted by Crippen LogP contribution is -1.93. The zero-order valence-corrected chi connectivity index (χ0v) is 7.87. The van der Waals surface area contributed by atoms with E-state index in [4.69, 9.17) is 16.7 Å². The molecule has 0 radical (unpaired) electrons. The first-order chi connectivity index (χ1) is 6.22. The second-order valence-electron chi connectivity index (χ2n) is 2.11. The van der Waals surface area contributed by atoms with E-state index in [9.17, 15) is 4.79 Å². The van der Waals surface area contributed by atoms with Gasteiger partial charge in [0.1, 0.15) is 0 Å². The second-order valence-corrected chi connectivity index (χ2v) is 2.42. The predicted octanol–water partition coefficient (Wildman–Crippen LogP) is 2.80. The molecular formula is C10H11ClO2.